The predicted molar refractivity (Wildman–Crippen MR) is 79.2 cm³/mol. The van der Waals surface area contributed by atoms with Gasteiger partial charge in [-0.3, -0.25) is 0 Å². The average Bonchev–Trinajstić information content (AvgIpc) is 2.56. The third-order valence-electron chi connectivity index (χ3n) is 3.57. The lowest BCUT2D eigenvalue weighted by Gasteiger charge is -2.37. The molecule has 0 spiro atoms. The highest BCUT2D eigenvalue weighted by molar-refractivity contribution is 5.23. The Morgan fingerprint density at radius 2 is 1.70 bits per heavy atom. The highest BCUT2D eigenvalue weighted by Crippen LogP contribution is 2.26. The fraction of sp³-hybridized carbons (Fsp3) is 0.294. The molecular weight excluding hydrogens is 248 g/mol. The minimum Gasteiger partial charge on any atom is -0.349 e. The molecule has 1 radical (unpaired) electrons. The molecule has 2 aromatic carbocycles. The van der Waals surface area contributed by atoms with Crippen LogP contribution in [0.1, 0.15) is 11.1 Å². The van der Waals surface area contributed by atoms with E-state index in [2.05, 4.69) is 29.6 Å². The molecule has 103 valence electrons. The first kappa shape index (κ1) is 13.3. The maximum atomic E-state index is 6.21. The van der Waals surface area contributed by atoms with Gasteiger partial charge in [0.1, 0.15) is 0 Å². The first-order valence-electron chi connectivity index (χ1n) is 7.02. The fourth-order valence-corrected chi connectivity index (χ4v) is 2.48. The van der Waals surface area contributed by atoms with Gasteiger partial charge in [0.25, 0.3) is 0 Å². The van der Waals surface area contributed by atoms with Gasteiger partial charge in [-0.25, -0.2) is 5.32 Å². The van der Waals surface area contributed by atoms with Gasteiger partial charge in [0.15, 0.2) is 5.72 Å². The SMILES string of the molecule is c1ccc(COC2(c3ccccc3)CNCC[N]2)cc1. The van der Waals surface area contributed by atoms with Crippen LogP contribution in [-0.4, -0.2) is 19.6 Å². The summed E-state index contributed by atoms with van der Waals surface area (Å²) in [7, 11) is 0. The number of hydrogen-bond acceptors (Lipinski definition) is 2. The second kappa shape index (κ2) is 6.18. The van der Waals surface area contributed by atoms with Gasteiger partial charge < -0.3 is 10.1 Å². The van der Waals surface area contributed by atoms with Gasteiger partial charge in [-0.05, 0) is 5.56 Å². The highest BCUT2D eigenvalue weighted by atomic mass is 16.5. The van der Waals surface area contributed by atoms with E-state index >= 15 is 0 Å². The molecule has 1 saturated heterocycles. The summed E-state index contributed by atoms with van der Waals surface area (Å²) in [5.74, 6) is 0. The Morgan fingerprint density at radius 3 is 2.35 bits per heavy atom. The summed E-state index contributed by atoms with van der Waals surface area (Å²) in [4.78, 5) is 0. The molecule has 1 aliphatic rings. The predicted octanol–water partition coefficient (Wildman–Crippen LogP) is 2.26. The van der Waals surface area contributed by atoms with Crippen molar-refractivity contribution in [3.05, 3.63) is 71.8 Å². The lowest BCUT2D eigenvalue weighted by molar-refractivity contribution is -0.0975. The van der Waals surface area contributed by atoms with Crippen LogP contribution in [0.15, 0.2) is 60.7 Å². The maximum absolute atomic E-state index is 6.21. The summed E-state index contributed by atoms with van der Waals surface area (Å²) >= 11 is 0. The van der Waals surface area contributed by atoms with Gasteiger partial charge >= 0.3 is 0 Å². The number of hydrogen-bond donors (Lipinski definition) is 1. The summed E-state index contributed by atoms with van der Waals surface area (Å²) in [6.07, 6.45) is 0. The zero-order valence-corrected chi connectivity index (χ0v) is 11.5. The van der Waals surface area contributed by atoms with E-state index < -0.39 is 5.72 Å². The molecule has 1 atom stereocenters. The van der Waals surface area contributed by atoms with Crippen LogP contribution in [-0.2, 0) is 17.1 Å². The number of nitrogens with zero attached hydrogens (tertiary/aromatic N) is 1. The van der Waals surface area contributed by atoms with E-state index in [1.165, 1.54) is 5.56 Å². The largest absolute Gasteiger partial charge is 0.349 e. The van der Waals surface area contributed by atoms with Crippen molar-refractivity contribution < 1.29 is 4.74 Å². The lowest BCUT2D eigenvalue weighted by Crippen LogP contribution is -2.54. The Bertz CT molecular complexity index is 521. The summed E-state index contributed by atoms with van der Waals surface area (Å²) in [5, 5.41) is 8.15. The van der Waals surface area contributed by atoms with Crippen LogP contribution in [0.5, 0.6) is 0 Å². The molecule has 0 saturated carbocycles. The van der Waals surface area contributed by atoms with E-state index in [4.69, 9.17) is 10.1 Å². The van der Waals surface area contributed by atoms with Crippen molar-refractivity contribution >= 4 is 0 Å². The van der Waals surface area contributed by atoms with E-state index in [0.717, 1.165) is 25.2 Å². The minimum atomic E-state index is -0.560. The van der Waals surface area contributed by atoms with E-state index in [1.54, 1.807) is 0 Å². The van der Waals surface area contributed by atoms with Crippen molar-refractivity contribution in [2.24, 2.45) is 0 Å². The molecule has 3 rings (SSSR count). The van der Waals surface area contributed by atoms with E-state index in [1.807, 2.05) is 36.4 Å². The summed E-state index contributed by atoms with van der Waals surface area (Å²) < 4.78 is 6.21. The van der Waals surface area contributed by atoms with E-state index in [-0.39, 0.29) is 0 Å². The van der Waals surface area contributed by atoms with Crippen molar-refractivity contribution in [1.82, 2.24) is 10.6 Å². The Hall–Kier alpha value is -1.68. The van der Waals surface area contributed by atoms with Crippen LogP contribution in [0, 0.1) is 0 Å². The van der Waals surface area contributed by atoms with Crippen LogP contribution in [0.3, 0.4) is 0 Å². The van der Waals surface area contributed by atoms with Crippen LogP contribution in [0.2, 0.25) is 0 Å². The van der Waals surface area contributed by atoms with Crippen molar-refractivity contribution in [2.45, 2.75) is 12.3 Å². The zero-order chi connectivity index (χ0) is 13.7. The normalized spacial score (nSPS) is 22.6. The molecule has 0 bridgehead atoms. The van der Waals surface area contributed by atoms with Crippen molar-refractivity contribution in [3.63, 3.8) is 0 Å². The quantitative estimate of drug-likeness (QED) is 0.922. The highest BCUT2D eigenvalue weighted by Gasteiger charge is 2.35. The average molecular weight is 267 g/mol. The lowest BCUT2D eigenvalue weighted by atomic mass is 10.0. The molecule has 2 aromatic rings. The van der Waals surface area contributed by atoms with Gasteiger partial charge in [0.05, 0.1) is 6.61 Å². The molecule has 20 heavy (non-hydrogen) atoms. The van der Waals surface area contributed by atoms with Crippen molar-refractivity contribution in [2.75, 3.05) is 19.6 Å². The minimum absolute atomic E-state index is 0.560. The van der Waals surface area contributed by atoms with Gasteiger partial charge in [0, 0.05) is 25.2 Å². The summed E-state index contributed by atoms with van der Waals surface area (Å²) in [5.41, 5.74) is 1.72. The topological polar surface area (TPSA) is 35.4 Å². The van der Waals surface area contributed by atoms with Gasteiger partial charge in [0.2, 0.25) is 0 Å². The Balaban J connectivity index is 1.80. The van der Waals surface area contributed by atoms with Crippen molar-refractivity contribution in [3.8, 4) is 0 Å². The molecular formula is C17H19N2O. The number of ether oxygens (including phenoxy) is 1. The van der Waals surface area contributed by atoms with Crippen LogP contribution >= 0.6 is 0 Å². The summed E-state index contributed by atoms with van der Waals surface area (Å²) in [6.45, 7) is 3.00. The smallest absolute Gasteiger partial charge is 0.173 e. The standard InChI is InChI=1S/C17H19N2O/c1-3-7-15(8-4-1)13-20-17(14-18-11-12-19-17)16-9-5-2-6-10-16/h1-10,18H,11-14H2. The number of nitrogens with one attached hydrogen (secondary N) is 1. The maximum Gasteiger partial charge on any atom is 0.173 e. The third-order valence-corrected chi connectivity index (χ3v) is 3.57. The molecule has 1 unspecified atom stereocenters. The van der Waals surface area contributed by atoms with Crippen molar-refractivity contribution in [1.29, 1.82) is 0 Å². The third kappa shape index (κ3) is 2.90. The molecule has 3 heteroatoms. The monoisotopic (exact) mass is 267 g/mol. The van der Waals surface area contributed by atoms with E-state index in [9.17, 15) is 0 Å². The van der Waals surface area contributed by atoms with Gasteiger partial charge in [-0.15, -0.1) is 0 Å². The zero-order valence-electron chi connectivity index (χ0n) is 11.5. The Labute approximate surface area is 120 Å². The van der Waals surface area contributed by atoms with E-state index in [0.29, 0.717) is 6.61 Å². The van der Waals surface area contributed by atoms with Crippen LogP contribution < -0.4 is 10.6 Å². The molecule has 0 aliphatic carbocycles. The fourth-order valence-electron chi connectivity index (χ4n) is 2.48. The molecule has 1 heterocycles. The Morgan fingerprint density at radius 1 is 1.00 bits per heavy atom. The molecule has 0 amide bonds. The van der Waals surface area contributed by atoms with Gasteiger partial charge in [-0.1, -0.05) is 60.7 Å². The van der Waals surface area contributed by atoms with Crippen LogP contribution in [0.4, 0.5) is 0 Å². The second-order valence-corrected chi connectivity index (χ2v) is 4.98. The molecule has 3 nitrogen and oxygen atoms in total. The molecule has 1 aliphatic heterocycles. The Kier molecular flexibility index (Phi) is 4.11. The first-order chi connectivity index (χ1) is 9.89. The first-order valence-corrected chi connectivity index (χ1v) is 7.02. The summed E-state index contributed by atoms with van der Waals surface area (Å²) in [6, 6.07) is 20.5. The molecule has 1 fully saturated rings. The number of benzene rings is 2. The number of piperazine rings is 1. The van der Waals surface area contributed by atoms with Crippen LogP contribution in [0.25, 0.3) is 0 Å². The van der Waals surface area contributed by atoms with Gasteiger partial charge in [-0.2, -0.15) is 0 Å². The second-order valence-electron chi connectivity index (χ2n) is 4.98. The molecule has 1 N–H and O–H groups in total. The number of rotatable bonds is 4. The molecule has 0 aromatic heterocycles.